The van der Waals surface area contributed by atoms with Crippen molar-refractivity contribution in [2.75, 3.05) is 13.2 Å². The first-order valence-electron chi connectivity index (χ1n) is 8.19. The van der Waals surface area contributed by atoms with Crippen molar-refractivity contribution in [1.82, 2.24) is 0 Å². The maximum absolute atomic E-state index is 12.2. The molecule has 0 N–H and O–H groups in total. The number of cyclic esters (lactones) is 1. The first-order chi connectivity index (χ1) is 12.2. The topological polar surface area (TPSA) is 57.1 Å². The van der Waals surface area contributed by atoms with Gasteiger partial charge in [-0.25, -0.2) is 9.79 Å². The summed E-state index contributed by atoms with van der Waals surface area (Å²) in [4.78, 5) is 16.5. The summed E-state index contributed by atoms with van der Waals surface area (Å²) >= 11 is 0. The van der Waals surface area contributed by atoms with Gasteiger partial charge in [-0.2, -0.15) is 0 Å². The van der Waals surface area contributed by atoms with Gasteiger partial charge in [-0.15, -0.1) is 0 Å². The van der Waals surface area contributed by atoms with Crippen molar-refractivity contribution in [3.63, 3.8) is 0 Å². The number of fused-ring (bicyclic) bond motifs is 1. The molecule has 0 aliphatic carbocycles. The van der Waals surface area contributed by atoms with Gasteiger partial charge in [0.1, 0.15) is 0 Å². The Morgan fingerprint density at radius 2 is 1.84 bits per heavy atom. The van der Waals surface area contributed by atoms with Crippen LogP contribution in [0.3, 0.4) is 0 Å². The summed E-state index contributed by atoms with van der Waals surface area (Å²) in [6, 6.07) is 13.2. The second kappa shape index (κ2) is 6.43. The van der Waals surface area contributed by atoms with Gasteiger partial charge in [-0.05, 0) is 42.3 Å². The molecule has 5 heteroatoms. The van der Waals surface area contributed by atoms with Crippen LogP contribution >= 0.6 is 0 Å². The minimum Gasteiger partial charge on any atom is -0.490 e. The lowest BCUT2D eigenvalue weighted by molar-refractivity contribution is -0.129. The Bertz CT molecular complexity index is 898. The van der Waals surface area contributed by atoms with Crippen LogP contribution in [-0.2, 0) is 9.53 Å². The van der Waals surface area contributed by atoms with Crippen LogP contribution < -0.4 is 9.47 Å². The standard InChI is InChI=1S/C20H17NO4/c1-13-5-2-3-6-15(13)19-21-16(20(22)25-19)11-14-7-8-17-18(12-14)24-10-4-9-23-17/h2-3,5-8,11-12H,4,9-10H2,1H3/b16-11+. The maximum Gasteiger partial charge on any atom is 0.363 e. The highest BCUT2D eigenvalue weighted by molar-refractivity contribution is 6.13. The summed E-state index contributed by atoms with van der Waals surface area (Å²) in [6.45, 7) is 3.21. The van der Waals surface area contributed by atoms with Gasteiger partial charge in [0, 0.05) is 12.0 Å². The van der Waals surface area contributed by atoms with Gasteiger partial charge >= 0.3 is 5.97 Å². The number of benzene rings is 2. The van der Waals surface area contributed by atoms with Crippen LogP contribution in [0.2, 0.25) is 0 Å². The van der Waals surface area contributed by atoms with Gasteiger partial charge in [-0.3, -0.25) is 0 Å². The quantitative estimate of drug-likeness (QED) is 0.622. The number of esters is 1. The molecule has 0 saturated carbocycles. The molecule has 0 unspecified atom stereocenters. The summed E-state index contributed by atoms with van der Waals surface area (Å²) in [5.41, 5.74) is 2.91. The molecule has 4 rings (SSSR count). The van der Waals surface area contributed by atoms with Gasteiger partial charge in [0.05, 0.1) is 13.2 Å². The van der Waals surface area contributed by atoms with Crippen molar-refractivity contribution in [2.24, 2.45) is 4.99 Å². The zero-order valence-corrected chi connectivity index (χ0v) is 13.8. The highest BCUT2D eigenvalue weighted by Gasteiger charge is 2.25. The molecule has 0 fully saturated rings. The lowest BCUT2D eigenvalue weighted by atomic mass is 10.1. The van der Waals surface area contributed by atoms with Crippen LogP contribution in [0.1, 0.15) is 23.1 Å². The largest absolute Gasteiger partial charge is 0.490 e. The van der Waals surface area contributed by atoms with E-state index in [2.05, 4.69) is 4.99 Å². The van der Waals surface area contributed by atoms with E-state index in [4.69, 9.17) is 14.2 Å². The van der Waals surface area contributed by atoms with E-state index < -0.39 is 5.97 Å². The third-order valence-corrected chi connectivity index (χ3v) is 4.07. The molecular formula is C20H17NO4. The zero-order valence-electron chi connectivity index (χ0n) is 13.8. The number of hydrogen-bond acceptors (Lipinski definition) is 5. The van der Waals surface area contributed by atoms with Crippen LogP contribution in [0.25, 0.3) is 6.08 Å². The van der Waals surface area contributed by atoms with Crippen LogP contribution in [0.5, 0.6) is 11.5 Å². The van der Waals surface area contributed by atoms with Crippen molar-refractivity contribution in [3.05, 3.63) is 64.9 Å². The molecule has 2 aromatic rings. The van der Waals surface area contributed by atoms with Gasteiger partial charge in [0.25, 0.3) is 0 Å². The molecule has 2 heterocycles. The normalized spacial score (nSPS) is 17.9. The maximum atomic E-state index is 12.2. The third-order valence-electron chi connectivity index (χ3n) is 4.07. The minimum absolute atomic E-state index is 0.271. The van der Waals surface area contributed by atoms with Crippen LogP contribution in [-0.4, -0.2) is 25.1 Å². The third kappa shape index (κ3) is 3.13. The molecule has 0 atom stereocenters. The van der Waals surface area contributed by atoms with E-state index in [0.717, 1.165) is 28.9 Å². The molecular weight excluding hydrogens is 318 g/mol. The summed E-state index contributed by atoms with van der Waals surface area (Å²) in [6.07, 6.45) is 2.55. The van der Waals surface area contributed by atoms with Gasteiger partial charge in [0.2, 0.25) is 5.90 Å². The molecule has 2 aliphatic heterocycles. The Labute approximate surface area is 145 Å². The second-order valence-corrected chi connectivity index (χ2v) is 5.91. The number of carbonyl (C=O) groups excluding carboxylic acids is 1. The lowest BCUT2D eigenvalue weighted by Crippen LogP contribution is -2.06. The molecule has 126 valence electrons. The number of nitrogens with zero attached hydrogens (tertiary/aromatic N) is 1. The fourth-order valence-corrected chi connectivity index (χ4v) is 2.76. The fourth-order valence-electron chi connectivity index (χ4n) is 2.76. The average molecular weight is 335 g/mol. The monoisotopic (exact) mass is 335 g/mol. The minimum atomic E-state index is -0.453. The van der Waals surface area contributed by atoms with E-state index in [0.29, 0.717) is 24.9 Å². The van der Waals surface area contributed by atoms with E-state index in [1.165, 1.54) is 0 Å². The second-order valence-electron chi connectivity index (χ2n) is 5.91. The van der Waals surface area contributed by atoms with Crippen molar-refractivity contribution in [2.45, 2.75) is 13.3 Å². The SMILES string of the molecule is Cc1ccccc1C1=N/C(=C/c2ccc3c(c2)OCCCO3)C(=O)O1. The van der Waals surface area contributed by atoms with Crippen molar-refractivity contribution < 1.29 is 19.0 Å². The number of aliphatic imine (C=N–C) groups is 1. The first-order valence-corrected chi connectivity index (χ1v) is 8.19. The Kier molecular flexibility index (Phi) is 3.98. The Hall–Kier alpha value is -3.08. The highest BCUT2D eigenvalue weighted by atomic mass is 16.6. The molecule has 0 amide bonds. The fraction of sp³-hybridized carbons (Fsp3) is 0.200. The van der Waals surface area contributed by atoms with Gasteiger partial charge in [-0.1, -0.05) is 24.3 Å². The first kappa shape index (κ1) is 15.4. The molecule has 25 heavy (non-hydrogen) atoms. The predicted octanol–water partition coefficient (Wildman–Crippen LogP) is 3.50. The van der Waals surface area contributed by atoms with E-state index in [1.807, 2.05) is 49.4 Å². The van der Waals surface area contributed by atoms with Crippen molar-refractivity contribution >= 4 is 17.9 Å². The van der Waals surface area contributed by atoms with Gasteiger partial charge < -0.3 is 14.2 Å². The number of aryl methyl sites for hydroxylation is 1. The van der Waals surface area contributed by atoms with Gasteiger partial charge in [0.15, 0.2) is 17.2 Å². The molecule has 2 aliphatic rings. The summed E-state index contributed by atoms with van der Waals surface area (Å²) < 4.78 is 16.6. The Morgan fingerprint density at radius 1 is 1.04 bits per heavy atom. The Morgan fingerprint density at radius 3 is 2.68 bits per heavy atom. The molecule has 5 nitrogen and oxygen atoms in total. The lowest BCUT2D eigenvalue weighted by Gasteiger charge is -2.07. The van der Waals surface area contributed by atoms with E-state index in [1.54, 1.807) is 6.08 Å². The van der Waals surface area contributed by atoms with E-state index in [-0.39, 0.29) is 5.70 Å². The van der Waals surface area contributed by atoms with E-state index >= 15 is 0 Å². The molecule has 0 radical (unpaired) electrons. The highest BCUT2D eigenvalue weighted by Crippen LogP contribution is 2.31. The number of carbonyl (C=O) groups is 1. The summed E-state index contributed by atoms with van der Waals surface area (Å²) in [7, 11) is 0. The summed E-state index contributed by atoms with van der Waals surface area (Å²) in [5.74, 6) is 1.29. The van der Waals surface area contributed by atoms with E-state index in [9.17, 15) is 4.79 Å². The van der Waals surface area contributed by atoms with Crippen molar-refractivity contribution in [3.8, 4) is 11.5 Å². The average Bonchev–Trinajstić information content (AvgIpc) is 2.82. The summed E-state index contributed by atoms with van der Waals surface area (Å²) in [5, 5.41) is 0. The smallest absolute Gasteiger partial charge is 0.363 e. The van der Waals surface area contributed by atoms with Crippen LogP contribution in [0, 0.1) is 6.92 Å². The number of ether oxygens (including phenoxy) is 3. The van der Waals surface area contributed by atoms with Crippen LogP contribution in [0.15, 0.2) is 53.2 Å². The zero-order chi connectivity index (χ0) is 17.2. The molecule has 0 saturated heterocycles. The number of rotatable bonds is 2. The predicted molar refractivity (Wildman–Crippen MR) is 93.8 cm³/mol. The number of hydrogen-bond donors (Lipinski definition) is 0. The molecule has 0 spiro atoms. The van der Waals surface area contributed by atoms with Crippen molar-refractivity contribution in [1.29, 1.82) is 0 Å². The molecule has 0 bridgehead atoms. The molecule has 0 aromatic heterocycles. The molecule has 2 aromatic carbocycles. The van der Waals surface area contributed by atoms with Crippen LogP contribution in [0.4, 0.5) is 0 Å². The Balaban J connectivity index is 1.66.